The smallest absolute Gasteiger partial charge is 0.280 e. The van der Waals surface area contributed by atoms with Crippen molar-refractivity contribution in [3.8, 4) is 34.5 Å². The highest BCUT2D eigenvalue weighted by Crippen LogP contribution is 2.31. The van der Waals surface area contributed by atoms with E-state index in [1.54, 1.807) is 17.9 Å². The fraction of sp³-hybridized carbons (Fsp3) is 0.0952. The van der Waals surface area contributed by atoms with E-state index >= 15 is 0 Å². The molecule has 8 nitrogen and oxygen atoms in total. The SMILES string of the molecule is COc1cc(-c2noc(-c3nnn(-c4ccccc4)c3C)n2)c2ccccc2n1. The van der Waals surface area contributed by atoms with E-state index in [1.807, 2.05) is 61.5 Å². The van der Waals surface area contributed by atoms with Crippen LogP contribution in [0.2, 0.25) is 0 Å². The van der Waals surface area contributed by atoms with Crippen LogP contribution in [-0.4, -0.2) is 37.2 Å². The molecule has 29 heavy (non-hydrogen) atoms. The van der Waals surface area contributed by atoms with Gasteiger partial charge >= 0.3 is 0 Å². The van der Waals surface area contributed by atoms with Crippen LogP contribution in [0.15, 0.2) is 65.2 Å². The zero-order valence-corrected chi connectivity index (χ0v) is 15.8. The van der Waals surface area contributed by atoms with Crippen molar-refractivity contribution in [1.82, 2.24) is 30.1 Å². The Morgan fingerprint density at radius 1 is 0.966 bits per heavy atom. The molecule has 5 aromatic rings. The molecule has 8 heteroatoms. The Hall–Kier alpha value is -4.07. The molecule has 0 unspecified atom stereocenters. The summed E-state index contributed by atoms with van der Waals surface area (Å²) in [6, 6.07) is 19.3. The first-order valence-corrected chi connectivity index (χ1v) is 9.00. The predicted octanol–water partition coefficient (Wildman–Crippen LogP) is 3.85. The Bertz CT molecular complexity index is 1310. The number of fused-ring (bicyclic) bond motifs is 1. The molecule has 0 bridgehead atoms. The topological polar surface area (TPSA) is 91.8 Å². The second-order valence-corrected chi connectivity index (χ2v) is 6.42. The van der Waals surface area contributed by atoms with Crippen molar-refractivity contribution in [3.63, 3.8) is 0 Å². The van der Waals surface area contributed by atoms with Gasteiger partial charge in [-0.1, -0.05) is 46.8 Å². The number of hydrogen-bond donors (Lipinski definition) is 0. The number of nitrogens with zero attached hydrogens (tertiary/aromatic N) is 6. The van der Waals surface area contributed by atoms with E-state index in [4.69, 9.17) is 9.26 Å². The average Bonchev–Trinajstić information content (AvgIpc) is 3.40. The number of methoxy groups -OCH3 is 1. The van der Waals surface area contributed by atoms with Gasteiger partial charge in [-0.2, -0.15) is 4.98 Å². The van der Waals surface area contributed by atoms with E-state index in [0.717, 1.165) is 27.8 Å². The lowest BCUT2D eigenvalue weighted by atomic mass is 10.1. The van der Waals surface area contributed by atoms with Crippen LogP contribution in [0.1, 0.15) is 5.69 Å². The highest BCUT2D eigenvalue weighted by Gasteiger charge is 2.20. The molecular weight excluding hydrogens is 368 g/mol. The van der Waals surface area contributed by atoms with Gasteiger partial charge in [0.25, 0.3) is 5.89 Å². The van der Waals surface area contributed by atoms with E-state index in [1.165, 1.54) is 0 Å². The van der Waals surface area contributed by atoms with Crippen molar-refractivity contribution in [2.75, 3.05) is 7.11 Å². The summed E-state index contributed by atoms with van der Waals surface area (Å²) in [5.74, 6) is 1.22. The number of ether oxygens (including phenoxy) is 1. The fourth-order valence-electron chi connectivity index (χ4n) is 3.21. The Labute approximate surface area is 165 Å². The van der Waals surface area contributed by atoms with Crippen molar-refractivity contribution < 1.29 is 9.26 Å². The summed E-state index contributed by atoms with van der Waals surface area (Å²) < 4.78 is 12.6. The van der Waals surface area contributed by atoms with E-state index in [2.05, 4.69) is 25.4 Å². The lowest BCUT2D eigenvalue weighted by Crippen LogP contribution is -1.98. The maximum absolute atomic E-state index is 5.52. The molecule has 0 spiro atoms. The standard InChI is InChI=1S/C21H16N6O2/c1-13-19(24-26-27(13)14-8-4-3-5-9-14)21-23-20(25-29-21)16-12-18(28-2)22-17-11-7-6-10-15(16)17/h3-12H,1-2H3. The van der Waals surface area contributed by atoms with Crippen LogP contribution in [0.25, 0.3) is 39.6 Å². The third-order valence-corrected chi connectivity index (χ3v) is 4.67. The molecule has 0 saturated carbocycles. The summed E-state index contributed by atoms with van der Waals surface area (Å²) >= 11 is 0. The maximum Gasteiger partial charge on any atom is 0.280 e. The van der Waals surface area contributed by atoms with Gasteiger partial charge in [0, 0.05) is 17.0 Å². The molecule has 142 valence electrons. The third kappa shape index (κ3) is 2.91. The maximum atomic E-state index is 5.52. The Morgan fingerprint density at radius 2 is 1.76 bits per heavy atom. The highest BCUT2D eigenvalue weighted by molar-refractivity contribution is 5.93. The van der Waals surface area contributed by atoms with E-state index in [9.17, 15) is 0 Å². The van der Waals surface area contributed by atoms with E-state index < -0.39 is 0 Å². The number of para-hydroxylation sites is 2. The van der Waals surface area contributed by atoms with E-state index in [0.29, 0.717) is 23.3 Å². The van der Waals surface area contributed by atoms with Gasteiger partial charge in [-0.05, 0) is 25.1 Å². The number of aromatic nitrogens is 6. The summed E-state index contributed by atoms with van der Waals surface area (Å²) in [5, 5.41) is 13.5. The van der Waals surface area contributed by atoms with Crippen LogP contribution in [0, 0.1) is 6.92 Å². The molecule has 2 aromatic carbocycles. The van der Waals surface area contributed by atoms with Crippen LogP contribution in [0.3, 0.4) is 0 Å². The van der Waals surface area contributed by atoms with Crippen molar-refractivity contribution in [2.24, 2.45) is 0 Å². The lowest BCUT2D eigenvalue weighted by Gasteiger charge is -2.05. The highest BCUT2D eigenvalue weighted by atomic mass is 16.5. The summed E-state index contributed by atoms with van der Waals surface area (Å²) in [6.45, 7) is 1.91. The largest absolute Gasteiger partial charge is 0.481 e. The molecule has 0 aliphatic heterocycles. The van der Waals surface area contributed by atoms with Crippen molar-refractivity contribution in [3.05, 3.63) is 66.4 Å². The number of rotatable bonds is 4. The van der Waals surface area contributed by atoms with Gasteiger partial charge in [-0.3, -0.25) is 0 Å². The molecule has 0 radical (unpaired) electrons. The molecule has 3 heterocycles. The van der Waals surface area contributed by atoms with Crippen LogP contribution in [0.4, 0.5) is 0 Å². The quantitative estimate of drug-likeness (QED) is 0.465. The monoisotopic (exact) mass is 384 g/mol. The van der Waals surface area contributed by atoms with Crippen LogP contribution in [0.5, 0.6) is 5.88 Å². The number of hydrogen-bond acceptors (Lipinski definition) is 7. The van der Waals surface area contributed by atoms with Gasteiger partial charge in [0.15, 0.2) is 5.69 Å². The molecule has 3 aromatic heterocycles. The molecule has 5 rings (SSSR count). The minimum absolute atomic E-state index is 0.305. The van der Waals surface area contributed by atoms with Crippen LogP contribution in [-0.2, 0) is 0 Å². The first-order chi connectivity index (χ1) is 14.2. The van der Waals surface area contributed by atoms with E-state index in [-0.39, 0.29) is 0 Å². The minimum Gasteiger partial charge on any atom is -0.481 e. The molecule has 0 aliphatic carbocycles. The number of benzene rings is 2. The zero-order valence-electron chi connectivity index (χ0n) is 15.8. The first-order valence-electron chi connectivity index (χ1n) is 9.00. The molecule has 0 amide bonds. The lowest BCUT2D eigenvalue weighted by molar-refractivity contribution is 0.399. The Balaban J connectivity index is 1.59. The third-order valence-electron chi connectivity index (χ3n) is 4.67. The fourth-order valence-corrected chi connectivity index (χ4v) is 3.21. The second kappa shape index (κ2) is 6.83. The molecule has 0 N–H and O–H groups in total. The minimum atomic E-state index is 0.305. The van der Waals surface area contributed by atoms with Crippen molar-refractivity contribution in [1.29, 1.82) is 0 Å². The van der Waals surface area contributed by atoms with Gasteiger partial charge in [-0.25, -0.2) is 9.67 Å². The molecule has 0 aliphatic rings. The summed E-state index contributed by atoms with van der Waals surface area (Å²) in [7, 11) is 1.58. The molecular formula is C21H16N6O2. The number of pyridine rings is 1. The van der Waals surface area contributed by atoms with Gasteiger partial charge in [-0.15, -0.1) is 5.10 Å². The zero-order chi connectivity index (χ0) is 19.8. The Morgan fingerprint density at radius 3 is 2.59 bits per heavy atom. The summed E-state index contributed by atoms with van der Waals surface area (Å²) in [4.78, 5) is 9.03. The van der Waals surface area contributed by atoms with Gasteiger partial charge in [0.05, 0.1) is 24.0 Å². The van der Waals surface area contributed by atoms with Crippen LogP contribution < -0.4 is 4.74 Å². The van der Waals surface area contributed by atoms with Gasteiger partial charge in [0.2, 0.25) is 11.7 Å². The summed E-state index contributed by atoms with van der Waals surface area (Å²) in [5.41, 5.74) is 3.82. The molecule has 0 fully saturated rings. The molecule has 0 saturated heterocycles. The first kappa shape index (κ1) is 17.1. The summed E-state index contributed by atoms with van der Waals surface area (Å²) in [6.07, 6.45) is 0. The predicted molar refractivity (Wildman–Crippen MR) is 107 cm³/mol. The molecule has 0 atom stereocenters. The van der Waals surface area contributed by atoms with Crippen molar-refractivity contribution in [2.45, 2.75) is 6.92 Å². The van der Waals surface area contributed by atoms with Gasteiger partial charge in [0.1, 0.15) is 0 Å². The second-order valence-electron chi connectivity index (χ2n) is 6.42. The Kier molecular flexibility index (Phi) is 4.02. The van der Waals surface area contributed by atoms with Crippen molar-refractivity contribution >= 4 is 10.9 Å². The normalized spacial score (nSPS) is 11.1. The van der Waals surface area contributed by atoms with Gasteiger partial charge < -0.3 is 9.26 Å². The average molecular weight is 384 g/mol. The van der Waals surface area contributed by atoms with Crippen LogP contribution >= 0.6 is 0 Å².